The van der Waals surface area contributed by atoms with Gasteiger partial charge in [0.2, 0.25) is 5.91 Å². The molecule has 0 aliphatic carbocycles. The van der Waals surface area contributed by atoms with E-state index in [1.165, 1.54) is 80.3 Å². The Kier molecular flexibility index (Phi) is 20.1. The molecule has 1 atom stereocenters. The fraction of sp³-hybridized carbons (Fsp3) is 0.292. The fourth-order valence-electron chi connectivity index (χ4n) is 10.4. The van der Waals surface area contributed by atoms with E-state index in [4.69, 9.17) is 0 Å². The molecule has 2 aliphatic rings. The number of aromatic nitrogens is 6. The largest absolute Gasteiger partial charge is 0.573 e. The van der Waals surface area contributed by atoms with Gasteiger partial charge in [0.05, 0.1) is 28.5 Å². The molecule has 1 unspecified atom stereocenters. The Hall–Kier alpha value is -9.30. The maximum absolute atomic E-state index is 15.0. The van der Waals surface area contributed by atoms with Gasteiger partial charge >= 0.3 is 24.8 Å². The first-order valence-corrected chi connectivity index (χ1v) is 31.1. The summed E-state index contributed by atoms with van der Waals surface area (Å²) < 4.78 is 86.5. The Morgan fingerprint density at radius 1 is 0.648 bits per heavy atom. The summed E-state index contributed by atoms with van der Waals surface area (Å²) in [4.78, 5) is 76.7. The lowest BCUT2D eigenvalue weighted by atomic mass is 9.95. The summed E-state index contributed by atoms with van der Waals surface area (Å²) in [6, 6.07) is 34.4. The third-order valence-electron chi connectivity index (χ3n) is 14.9. The van der Waals surface area contributed by atoms with Gasteiger partial charge in [-0.2, -0.15) is 9.98 Å². The van der Waals surface area contributed by atoms with E-state index in [-0.39, 0.29) is 45.3 Å². The molecule has 2 aromatic heterocycles. The maximum Gasteiger partial charge on any atom is 0.573 e. The number of nitrogens with one attached hydrogen (secondary N) is 2. The van der Waals surface area contributed by atoms with Crippen molar-refractivity contribution in [3.05, 3.63) is 179 Å². The van der Waals surface area contributed by atoms with Gasteiger partial charge in [-0.05, 0) is 153 Å². The number of thioether (sulfide) groups is 2. The Bertz CT molecular complexity index is 4010. The number of alkyl halides is 6. The zero-order chi connectivity index (χ0) is 64.6. The Morgan fingerprint density at radius 2 is 1.15 bits per heavy atom. The first kappa shape index (κ1) is 64.7. The maximum atomic E-state index is 15.0. The second-order valence-corrected chi connectivity index (χ2v) is 23.7. The molecule has 8 aromatic rings. The monoisotopic (exact) mass is 1280 g/mol. The molecule has 2 saturated heterocycles. The molecule has 2 fully saturated rings. The number of hydrogen-bond donors (Lipinski definition) is 2. The second kappa shape index (κ2) is 28.3. The van der Waals surface area contributed by atoms with Crippen molar-refractivity contribution < 1.29 is 55.0 Å². The van der Waals surface area contributed by atoms with Crippen LogP contribution in [0.4, 0.5) is 47.3 Å². The molecule has 2 N–H and O–H groups in total. The highest BCUT2D eigenvalue weighted by molar-refractivity contribution is 8.16. The molecule has 6 amide bonds. The summed E-state index contributed by atoms with van der Waals surface area (Å²) in [5, 5.41) is 14.3. The van der Waals surface area contributed by atoms with E-state index in [0.29, 0.717) is 84.3 Å². The quantitative estimate of drug-likeness (QED) is 0.0510. The van der Waals surface area contributed by atoms with Gasteiger partial charge in [-0.1, -0.05) is 123 Å². The van der Waals surface area contributed by atoms with Crippen molar-refractivity contribution in [3.8, 4) is 45.6 Å². The van der Waals surface area contributed by atoms with Crippen molar-refractivity contribution in [2.75, 3.05) is 28.6 Å². The summed E-state index contributed by atoms with van der Waals surface area (Å²) in [6.07, 6.45) is -1.92. The molecule has 0 saturated carbocycles. The lowest BCUT2D eigenvalue weighted by molar-refractivity contribution is -0.275. The topological polar surface area (TPSA) is 203 Å². The number of carbonyl (C=O) groups excluding carboxylic acids is 4. The summed E-state index contributed by atoms with van der Waals surface area (Å²) in [7, 11) is 0. The van der Waals surface area contributed by atoms with Gasteiger partial charge < -0.3 is 20.1 Å². The van der Waals surface area contributed by atoms with Crippen LogP contribution in [0.1, 0.15) is 96.6 Å². The van der Waals surface area contributed by atoms with Crippen molar-refractivity contribution in [2.45, 2.75) is 103 Å². The van der Waals surface area contributed by atoms with Crippen LogP contribution in [0.15, 0.2) is 150 Å². The van der Waals surface area contributed by atoms with E-state index in [9.17, 15) is 40.7 Å². The molecule has 0 radical (unpaired) electrons. The van der Waals surface area contributed by atoms with Crippen LogP contribution in [-0.4, -0.2) is 95.3 Å². The summed E-state index contributed by atoms with van der Waals surface area (Å²) in [5.41, 5.74) is 9.74. The van der Waals surface area contributed by atoms with Crippen LogP contribution in [0.3, 0.4) is 0 Å². The van der Waals surface area contributed by atoms with Gasteiger partial charge in [0.1, 0.15) is 29.4 Å². The van der Waals surface area contributed by atoms with Crippen LogP contribution >= 0.6 is 23.5 Å². The summed E-state index contributed by atoms with van der Waals surface area (Å²) >= 11 is 2.31. The SMILES string of the molecule is CCc1ccc(C2S/C(=N\C(=O)NCCCCc3ccc(-c4ncn(-c5ccc(OC(F)(F)F)cc5)n4)cc3)N(c3ccc(C)cc3C(C)C)C2=O)c(C)c1N1C(=O)CS/C1=N\C(=O)NCCCCc1ccc(-c2ncn(-c3ccc(OC(F)(F)F)cc3)n2)cc1. The predicted molar refractivity (Wildman–Crippen MR) is 338 cm³/mol. The molecule has 2 aliphatic heterocycles. The van der Waals surface area contributed by atoms with E-state index >= 15 is 4.79 Å². The van der Waals surface area contributed by atoms with Crippen LogP contribution in [-0.2, 0) is 28.9 Å². The average molecular weight is 1290 g/mol. The molecule has 472 valence electrons. The number of anilines is 2. The molecule has 91 heavy (non-hydrogen) atoms. The Morgan fingerprint density at radius 3 is 1.64 bits per heavy atom. The molecule has 10 rings (SSSR count). The number of carbonyl (C=O) groups is 4. The highest BCUT2D eigenvalue weighted by Crippen LogP contribution is 2.47. The number of unbranched alkanes of at least 4 members (excludes halogenated alkanes) is 2. The first-order valence-electron chi connectivity index (χ1n) is 29.2. The van der Waals surface area contributed by atoms with Crippen LogP contribution in [0.25, 0.3) is 34.2 Å². The molecule has 0 bridgehead atoms. The number of rotatable bonds is 21. The standard InChI is InChI=1S/C65H62F6N12O6S2/c1-6-44-22-31-51(41(5)55(44)83-54(84)36-90-62(83)76-60(86)72-33-9-7-11-42-14-18-45(19-15-42)57-74-37-80(78-57)47-23-27-49(28-24-47)88-64(66,67)68)56-59(85)82(53-32-13-40(4)35-52(53)39(2)3)63(91-56)77-61(87)73-34-10-8-12-43-16-20-46(21-17-43)58-75-38-81(79-58)48-25-29-50(30-26-48)89-65(69,70)71/h13-32,35,37-39,56H,6-12,33-34,36H2,1-5H3,(H,72,86)(H,73,87)/b76-62-,77-63-. The van der Waals surface area contributed by atoms with Crippen LogP contribution in [0.5, 0.6) is 11.5 Å². The van der Waals surface area contributed by atoms with E-state index in [2.05, 4.69) is 50.3 Å². The van der Waals surface area contributed by atoms with E-state index in [0.717, 1.165) is 81.7 Å². The van der Waals surface area contributed by atoms with Crippen LogP contribution < -0.4 is 29.9 Å². The normalized spacial score (nSPS) is 15.4. The summed E-state index contributed by atoms with van der Waals surface area (Å²) in [5.74, 6) is -0.334. The first-order chi connectivity index (χ1) is 43.6. The van der Waals surface area contributed by atoms with Gasteiger partial charge in [-0.15, -0.1) is 36.5 Å². The summed E-state index contributed by atoms with van der Waals surface area (Å²) in [6.45, 7) is 10.5. The van der Waals surface area contributed by atoms with Crippen LogP contribution in [0, 0.1) is 13.8 Å². The number of benzene rings is 6. The number of ether oxygens (including phenoxy) is 2. The zero-order valence-electron chi connectivity index (χ0n) is 50.0. The number of aliphatic imine (C=N–C) groups is 2. The third-order valence-corrected chi connectivity index (χ3v) is 17.0. The Labute approximate surface area is 528 Å². The highest BCUT2D eigenvalue weighted by atomic mass is 32.2. The minimum Gasteiger partial charge on any atom is -0.406 e. The van der Waals surface area contributed by atoms with Gasteiger partial charge in [-0.3, -0.25) is 19.4 Å². The molecular weight excluding hydrogens is 1220 g/mol. The van der Waals surface area contributed by atoms with E-state index < -0.39 is 30.0 Å². The molecule has 6 aromatic carbocycles. The molecule has 0 spiro atoms. The van der Waals surface area contributed by atoms with Crippen molar-refractivity contribution in [1.29, 1.82) is 0 Å². The smallest absolute Gasteiger partial charge is 0.406 e. The second-order valence-electron chi connectivity index (χ2n) is 21.7. The lowest BCUT2D eigenvalue weighted by Gasteiger charge is -2.25. The van der Waals surface area contributed by atoms with Gasteiger partial charge in [0.15, 0.2) is 22.0 Å². The van der Waals surface area contributed by atoms with Crippen molar-refractivity contribution in [3.63, 3.8) is 0 Å². The molecule has 18 nitrogen and oxygen atoms in total. The Balaban J connectivity index is 0.751. The van der Waals surface area contributed by atoms with Crippen molar-refractivity contribution in [1.82, 2.24) is 40.2 Å². The number of amidine groups is 2. The number of urea groups is 2. The van der Waals surface area contributed by atoms with E-state index in [1.54, 1.807) is 0 Å². The number of amides is 6. The third kappa shape index (κ3) is 16.2. The number of nitrogens with zero attached hydrogens (tertiary/aromatic N) is 10. The number of hydrogen-bond acceptors (Lipinski definition) is 12. The molecule has 26 heteroatoms. The number of aryl methyl sites for hydroxylation is 4. The number of halogens is 6. The van der Waals surface area contributed by atoms with Gasteiger partial charge in [0, 0.05) is 24.2 Å². The minimum absolute atomic E-state index is 0.0102. The molecular formula is C65H62F6N12O6S2. The lowest BCUT2D eigenvalue weighted by Crippen LogP contribution is -2.34. The average Bonchev–Trinajstić information content (AvgIpc) is 1.67. The highest BCUT2D eigenvalue weighted by Gasteiger charge is 2.44. The minimum atomic E-state index is -4.79. The van der Waals surface area contributed by atoms with E-state index in [1.807, 2.05) is 113 Å². The van der Waals surface area contributed by atoms with Crippen LogP contribution in [0.2, 0.25) is 0 Å². The van der Waals surface area contributed by atoms with Gasteiger partial charge in [-0.25, -0.2) is 28.9 Å². The van der Waals surface area contributed by atoms with Gasteiger partial charge in [0.25, 0.3) is 5.91 Å². The molecule has 4 heterocycles. The predicted octanol–water partition coefficient (Wildman–Crippen LogP) is 14.4. The fourth-order valence-corrected chi connectivity index (χ4v) is 12.5. The zero-order valence-corrected chi connectivity index (χ0v) is 51.6. The van der Waals surface area contributed by atoms with Crippen molar-refractivity contribution >= 4 is 69.1 Å². The van der Waals surface area contributed by atoms with Crippen molar-refractivity contribution in [2.24, 2.45) is 9.98 Å².